The van der Waals surface area contributed by atoms with E-state index in [1.165, 1.54) is 56.8 Å². The molecule has 202 valence electrons. The van der Waals surface area contributed by atoms with Crippen LogP contribution in [0.25, 0.3) is 0 Å². The summed E-state index contributed by atoms with van der Waals surface area (Å²) in [6.45, 7) is 3.37. The van der Waals surface area contributed by atoms with Crippen molar-refractivity contribution in [3.8, 4) is 6.07 Å². The monoisotopic (exact) mass is 561 g/mol. The average molecular weight is 562 g/mol. The van der Waals surface area contributed by atoms with Crippen molar-refractivity contribution in [2.75, 3.05) is 51.8 Å². The standard InChI is InChI=1S/C24H27N5O7S2/c1-3-36-24(32)27-10-12-29(13-11-27)38(33,34)17-6-4-16(5-7-17)21(30)26-22-19(14-25)18-8-9-28(23(31)35-2)15-20(18)37-22/h4-7H,3,8-13,15H2,1-2H3,(H,26,30). The van der Waals surface area contributed by atoms with E-state index in [9.17, 15) is 28.1 Å². The number of hydrogen-bond acceptors (Lipinski definition) is 9. The van der Waals surface area contributed by atoms with Gasteiger partial charge in [0, 0.05) is 43.2 Å². The Hall–Kier alpha value is -3.67. The SMILES string of the molecule is CCOC(=O)N1CCN(S(=O)(=O)c2ccc(C(=O)Nc3sc4c(c3C#N)CCN(C(=O)OC)C4)cc2)CC1. The van der Waals surface area contributed by atoms with Crippen LogP contribution in [0.3, 0.4) is 0 Å². The lowest BCUT2D eigenvalue weighted by atomic mass is 10.0. The number of piperazine rings is 1. The molecule has 0 saturated carbocycles. The van der Waals surface area contributed by atoms with Crippen LogP contribution in [0.1, 0.15) is 33.3 Å². The number of ether oxygens (including phenoxy) is 2. The van der Waals surface area contributed by atoms with E-state index in [-0.39, 0.29) is 49.8 Å². The number of fused-ring (bicyclic) bond motifs is 1. The molecule has 0 atom stereocenters. The number of rotatable bonds is 5. The lowest BCUT2D eigenvalue weighted by Crippen LogP contribution is -2.50. The van der Waals surface area contributed by atoms with E-state index in [1.54, 1.807) is 6.92 Å². The summed E-state index contributed by atoms with van der Waals surface area (Å²) in [4.78, 5) is 40.5. The van der Waals surface area contributed by atoms with E-state index in [0.29, 0.717) is 23.5 Å². The number of nitriles is 1. The number of anilines is 1. The van der Waals surface area contributed by atoms with Crippen molar-refractivity contribution in [2.45, 2.75) is 24.8 Å². The summed E-state index contributed by atoms with van der Waals surface area (Å²) in [5, 5.41) is 12.8. The van der Waals surface area contributed by atoms with Gasteiger partial charge in [0.1, 0.15) is 11.1 Å². The Morgan fingerprint density at radius 3 is 2.34 bits per heavy atom. The maximum Gasteiger partial charge on any atom is 0.409 e. The Morgan fingerprint density at radius 1 is 1.05 bits per heavy atom. The third-order valence-electron chi connectivity index (χ3n) is 6.35. The van der Waals surface area contributed by atoms with Crippen molar-refractivity contribution in [1.29, 1.82) is 5.26 Å². The summed E-state index contributed by atoms with van der Waals surface area (Å²) in [5.41, 5.74) is 1.39. The van der Waals surface area contributed by atoms with Gasteiger partial charge in [0.25, 0.3) is 5.91 Å². The fraction of sp³-hybridized carbons (Fsp3) is 0.417. The van der Waals surface area contributed by atoms with Gasteiger partial charge in [-0.1, -0.05) is 0 Å². The number of amides is 3. The molecule has 0 unspecified atom stereocenters. The summed E-state index contributed by atoms with van der Waals surface area (Å²) < 4.78 is 37.2. The van der Waals surface area contributed by atoms with Crippen LogP contribution in [0.2, 0.25) is 0 Å². The molecule has 12 nitrogen and oxygen atoms in total. The van der Waals surface area contributed by atoms with Crippen LogP contribution in [0.4, 0.5) is 14.6 Å². The van der Waals surface area contributed by atoms with E-state index in [2.05, 4.69) is 11.4 Å². The van der Waals surface area contributed by atoms with Gasteiger partial charge in [-0.2, -0.15) is 9.57 Å². The summed E-state index contributed by atoms with van der Waals surface area (Å²) in [6, 6.07) is 7.69. The van der Waals surface area contributed by atoms with Gasteiger partial charge in [-0.05, 0) is 43.2 Å². The molecule has 0 radical (unpaired) electrons. The van der Waals surface area contributed by atoms with Crippen LogP contribution >= 0.6 is 11.3 Å². The highest BCUT2D eigenvalue weighted by atomic mass is 32.2. The minimum absolute atomic E-state index is 0.0332. The van der Waals surface area contributed by atoms with E-state index in [0.717, 1.165) is 10.4 Å². The molecular weight excluding hydrogens is 534 g/mol. The molecule has 2 aliphatic heterocycles. The van der Waals surface area contributed by atoms with Crippen LogP contribution < -0.4 is 5.32 Å². The number of nitrogens with one attached hydrogen (secondary N) is 1. The van der Waals surface area contributed by atoms with Crippen LogP contribution in [0, 0.1) is 11.3 Å². The zero-order valence-electron chi connectivity index (χ0n) is 20.9. The smallest absolute Gasteiger partial charge is 0.409 e. The van der Waals surface area contributed by atoms with E-state index < -0.39 is 28.1 Å². The molecule has 14 heteroatoms. The molecule has 3 amide bonds. The third-order valence-corrected chi connectivity index (χ3v) is 9.39. The first-order valence-electron chi connectivity index (χ1n) is 11.9. The van der Waals surface area contributed by atoms with Crippen molar-refractivity contribution >= 4 is 44.5 Å². The Kier molecular flexibility index (Phi) is 8.20. The molecule has 3 heterocycles. The lowest BCUT2D eigenvalue weighted by Gasteiger charge is -2.33. The highest BCUT2D eigenvalue weighted by Crippen LogP contribution is 2.37. The van der Waals surface area contributed by atoms with Crippen LogP contribution in [-0.4, -0.2) is 87.1 Å². The van der Waals surface area contributed by atoms with Gasteiger partial charge < -0.3 is 24.6 Å². The molecule has 1 fully saturated rings. The van der Waals surface area contributed by atoms with Crippen molar-refractivity contribution < 1.29 is 32.3 Å². The second kappa shape index (κ2) is 11.4. The van der Waals surface area contributed by atoms with Gasteiger partial charge in [-0.3, -0.25) is 4.79 Å². The molecule has 1 aromatic heterocycles. The first-order chi connectivity index (χ1) is 18.2. The first kappa shape index (κ1) is 27.4. The Morgan fingerprint density at radius 2 is 1.74 bits per heavy atom. The van der Waals surface area contributed by atoms with Gasteiger partial charge in [0.05, 0.1) is 30.7 Å². The normalized spacial score (nSPS) is 15.8. The van der Waals surface area contributed by atoms with Crippen molar-refractivity contribution in [1.82, 2.24) is 14.1 Å². The van der Waals surface area contributed by atoms with Gasteiger partial charge in [-0.25, -0.2) is 18.0 Å². The van der Waals surface area contributed by atoms with Crippen molar-refractivity contribution in [2.24, 2.45) is 0 Å². The minimum Gasteiger partial charge on any atom is -0.453 e. The molecule has 2 aromatic rings. The lowest BCUT2D eigenvalue weighted by molar-refractivity contribution is 0.0933. The van der Waals surface area contributed by atoms with Crippen LogP contribution in [-0.2, 0) is 32.5 Å². The number of hydrogen-bond donors (Lipinski definition) is 1. The summed E-state index contributed by atoms with van der Waals surface area (Å²) in [5.74, 6) is -0.489. The number of carbonyl (C=O) groups excluding carboxylic acids is 3. The number of methoxy groups -OCH3 is 1. The average Bonchev–Trinajstić information content (AvgIpc) is 3.28. The predicted molar refractivity (Wildman–Crippen MR) is 137 cm³/mol. The number of benzene rings is 1. The van der Waals surface area contributed by atoms with Gasteiger partial charge in [0.15, 0.2) is 0 Å². The molecule has 1 saturated heterocycles. The van der Waals surface area contributed by atoms with Gasteiger partial charge >= 0.3 is 12.2 Å². The van der Waals surface area contributed by atoms with Crippen molar-refractivity contribution in [3.63, 3.8) is 0 Å². The van der Waals surface area contributed by atoms with E-state index in [4.69, 9.17) is 9.47 Å². The summed E-state index contributed by atoms with van der Waals surface area (Å²) in [7, 11) is -2.51. The van der Waals surface area contributed by atoms with Crippen LogP contribution in [0.15, 0.2) is 29.2 Å². The quantitative estimate of drug-likeness (QED) is 0.585. The third kappa shape index (κ3) is 5.45. The second-order valence-corrected chi connectivity index (χ2v) is 11.6. The van der Waals surface area contributed by atoms with Gasteiger partial charge in [-0.15, -0.1) is 11.3 Å². The maximum absolute atomic E-state index is 13.1. The number of nitrogens with zero attached hydrogens (tertiary/aromatic N) is 4. The second-order valence-electron chi connectivity index (χ2n) is 8.53. The molecule has 0 bridgehead atoms. The Balaban J connectivity index is 1.43. The first-order valence-corrected chi connectivity index (χ1v) is 14.2. The summed E-state index contributed by atoms with van der Waals surface area (Å²) >= 11 is 1.23. The zero-order chi connectivity index (χ0) is 27.4. The van der Waals surface area contributed by atoms with E-state index in [1.807, 2.05) is 0 Å². The Labute approximate surface area is 224 Å². The maximum atomic E-state index is 13.1. The molecule has 0 aliphatic carbocycles. The highest BCUT2D eigenvalue weighted by Gasteiger charge is 2.31. The van der Waals surface area contributed by atoms with Crippen LogP contribution in [0.5, 0.6) is 0 Å². The molecule has 2 aliphatic rings. The minimum atomic E-state index is -3.81. The molecule has 0 spiro atoms. The van der Waals surface area contributed by atoms with E-state index >= 15 is 0 Å². The molecule has 1 aromatic carbocycles. The van der Waals surface area contributed by atoms with Crippen molar-refractivity contribution in [3.05, 3.63) is 45.8 Å². The molecule has 38 heavy (non-hydrogen) atoms. The molecular formula is C24H27N5O7S2. The fourth-order valence-electron chi connectivity index (χ4n) is 4.32. The number of thiophene rings is 1. The fourth-order valence-corrected chi connectivity index (χ4v) is 6.95. The Bertz CT molecular complexity index is 1370. The molecule has 1 N–H and O–H groups in total. The highest BCUT2D eigenvalue weighted by molar-refractivity contribution is 7.89. The topological polar surface area (TPSA) is 149 Å². The predicted octanol–water partition coefficient (Wildman–Crippen LogP) is 2.46. The number of sulfonamides is 1. The zero-order valence-corrected chi connectivity index (χ0v) is 22.6. The molecule has 4 rings (SSSR count). The summed E-state index contributed by atoms with van der Waals surface area (Å²) in [6.07, 6.45) is -0.448. The number of carbonyl (C=O) groups is 3. The van der Waals surface area contributed by atoms with Gasteiger partial charge in [0.2, 0.25) is 10.0 Å². The largest absolute Gasteiger partial charge is 0.453 e.